The maximum atomic E-state index is 6.07. The summed E-state index contributed by atoms with van der Waals surface area (Å²) in [7, 11) is 0. The molecule has 96 valence electrons. The van der Waals surface area contributed by atoms with Crippen LogP contribution in [0.2, 0.25) is 0 Å². The molecule has 0 radical (unpaired) electrons. The first-order chi connectivity index (χ1) is 8.83. The highest BCUT2D eigenvalue weighted by molar-refractivity contribution is 7.10. The van der Waals surface area contributed by atoms with E-state index in [4.69, 9.17) is 15.0 Å². The van der Waals surface area contributed by atoms with Gasteiger partial charge in [0.2, 0.25) is 5.89 Å². The Morgan fingerprint density at radius 3 is 3.22 bits per heavy atom. The number of thiophene rings is 1. The Hall–Kier alpha value is -1.24. The second kappa shape index (κ2) is 5.17. The second-order valence-corrected chi connectivity index (χ2v) is 5.45. The molecule has 0 aliphatic carbocycles. The molecular formula is C12H15N3O2S. The van der Waals surface area contributed by atoms with Crippen molar-refractivity contribution in [2.24, 2.45) is 11.7 Å². The van der Waals surface area contributed by atoms with Crippen LogP contribution in [0.1, 0.15) is 29.1 Å². The minimum atomic E-state index is -0.314. The summed E-state index contributed by atoms with van der Waals surface area (Å²) in [6.45, 7) is 1.63. The summed E-state index contributed by atoms with van der Waals surface area (Å²) in [6, 6.07) is 3.63. The number of hydrogen-bond acceptors (Lipinski definition) is 6. The summed E-state index contributed by atoms with van der Waals surface area (Å²) in [6.07, 6.45) is 1.88. The van der Waals surface area contributed by atoms with Gasteiger partial charge in [-0.2, -0.15) is 4.98 Å². The van der Waals surface area contributed by atoms with Crippen molar-refractivity contribution in [2.45, 2.75) is 18.9 Å². The number of hydrogen-bond donors (Lipinski definition) is 1. The van der Waals surface area contributed by atoms with Gasteiger partial charge in [0.25, 0.3) is 0 Å². The molecule has 0 aromatic carbocycles. The Morgan fingerprint density at radius 1 is 1.56 bits per heavy atom. The van der Waals surface area contributed by atoms with E-state index in [1.807, 2.05) is 17.5 Å². The van der Waals surface area contributed by atoms with Crippen LogP contribution in [0.5, 0.6) is 0 Å². The summed E-state index contributed by atoms with van der Waals surface area (Å²) in [5.74, 6) is 1.73. The van der Waals surface area contributed by atoms with E-state index in [-0.39, 0.29) is 6.04 Å². The molecule has 1 fully saturated rings. The van der Waals surface area contributed by atoms with Crippen LogP contribution in [0.3, 0.4) is 0 Å². The predicted molar refractivity (Wildman–Crippen MR) is 67.3 cm³/mol. The van der Waals surface area contributed by atoms with Crippen LogP contribution in [0, 0.1) is 5.92 Å². The van der Waals surface area contributed by atoms with Gasteiger partial charge in [-0.15, -0.1) is 11.3 Å². The van der Waals surface area contributed by atoms with Crippen molar-refractivity contribution in [2.75, 3.05) is 13.2 Å². The monoisotopic (exact) mass is 265 g/mol. The minimum absolute atomic E-state index is 0.314. The van der Waals surface area contributed by atoms with Gasteiger partial charge in [-0.05, 0) is 23.8 Å². The topological polar surface area (TPSA) is 74.2 Å². The van der Waals surface area contributed by atoms with Gasteiger partial charge in [0.1, 0.15) is 6.04 Å². The highest BCUT2D eigenvalue weighted by atomic mass is 32.1. The van der Waals surface area contributed by atoms with Gasteiger partial charge in [0.05, 0.1) is 0 Å². The fraction of sp³-hybridized carbons (Fsp3) is 0.500. The van der Waals surface area contributed by atoms with Crippen molar-refractivity contribution in [3.05, 3.63) is 34.1 Å². The molecule has 2 aromatic heterocycles. The quantitative estimate of drug-likeness (QED) is 0.911. The van der Waals surface area contributed by atoms with E-state index < -0.39 is 0 Å². The number of rotatable bonds is 4. The molecule has 0 saturated carbocycles. The molecule has 5 nitrogen and oxygen atoms in total. The largest absolute Gasteiger partial charge is 0.381 e. The molecule has 6 heteroatoms. The zero-order chi connectivity index (χ0) is 12.4. The molecule has 1 saturated heterocycles. The Kier molecular flexibility index (Phi) is 3.40. The van der Waals surface area contributed by atoms with Crippen molar-refractivity contribution >= 4 is 11.3 Å². The van der Waals surface area contributed by atoms with Crippen molar-refractivity contribution in [1.82, 2.24) is 10.1 Å². The van der Waals surface area contributed by atoms with Gasteiger partial charge < -0.3 is 15.0 Å². The number of aromatic nitrogens is 2. The summed E-state index contributed by atoms with van der Waals surface area (Å²) in [4.78, 5) is 5.41. The lowest BCUT2D eigenvalue weighted by Gasteiger charge is -2.02. The van der Waals surface area contributed by atoms with E-state index >= 15 is 0 Å². The first-order valence-electron chi connectivity index (χ1n) is 6.02. The minimum Gasteiger partial charge on any atom is -0.381 e. The van der Waals surface area contributed by atoms with E-state index in [1.54, 1.807) is 11.3 Å². The molecule has 3 rings (SSSR count). The summed E-state index contributed by atoms with van der Waals surface area (Å²) >= 11 is 1.60. The van der Waals surface area contributed by atoms with Gasteiger partial charge in [0, 0.05) is 24.5 Å². The van der Waals surface area contributed by atoms with Gasteiger partial charge in [-0.1, -0.05) is 11.2 Å². The predicted octanol–water partition coefficient (Wildman–Crippen LogP) is 1.76. The molecule has 1 aliphatic heterocycles. The molecule has 0 bridgehead atoms. The smallest absolute Gasteiger partial charge is 0.248 e. The van der Waals surface area contributed by atoms with Crippen molar-refractivity contribution < 1.29 is 9.26 Å². The summed E-state index contributed by atoms with van der Waals surface area (Å²) in [5, 5.41) is 5.98. The third kappa shape index (κ3) is 2.45. The third-order valence-corrected chi connectivity index (χ3v) is 4.05. The lowest BCUT2D eigenvalue weighted by Crippen LogP contribution is -2.11. The molecule has 18 heavy (non-hydrogen) atoms. The molecule has 2 N–H and O–H groups in total. The van der Waals surface area contributed by atoms with Gasteiger partial charge >= 0.3 is 0 Å². The van der Waals surface area contributed by atoms with Crippen molar-refractivity contribution in [3.8, 4) is 0 Å². The Balaban J connectivity index is 1.69. The Labute approximate surface area is 109 Å². The van der Waals surface area contributed by atoms with Crippen LogP contribution in [-0.4, -0.2) is 23.4 Å². The molecule has 1 aliphatic rings. The highest BCUT2D eigenvalue weighted by Gasteiger charge is 2.21. The third-order valence-electron chi connectivity index (χ3n) is 3.09. The van der Waals surface area contributed by atoms with E-state index in [9.17, 15) is 0 Å². The van der Waals surface area contributed by atoms with Gasteiger partial charge in [-0.25, -0.2) is 0 Å². The molecule has 0 spiro atoms. The average molecular weight is 265 g/mol. The molecule has 0 amide bonds. The Bertz CT molecular complexity index is 491. The first-order valence-corrected chi connectivity index (χ1v) is 6.90. The normalized spacial score (nSPS) is 21.3. The van der Waals surface area contributed by atoms with E-state index in [0.717, 1.165) is 36.8 Å². The zero-order valence-electron chi connectivity index (χ0n) is 9.91. The molecular weight excluding hydrogens is 250 g/mol. The van der Waals surface area contributed by atoms with Crippen molar-refractivity contribution in [3.63, 3.8) is 0 Å². The molecule has 2 aromatic rings. The number of nitrogens with two attached hydrogens (primary N) is 1. The standard InChI is InChI=1S/C12H15N3O2S/c13-11(9-2-1-5-18-9)12-14-10(15-17-12)6-8-3-4-16-7-8/h1-2,5,8,11H,3-4,6-7,13H2. The van der Waals surface area contributed by atoms with Crippen LogP contribution >= 0.6 is 11.3 Å². The van der Waals surface area contributed by atoms with E-state index in [2.05, 4.69) is 10.1 Å². The molecule has 2 atom stereocenters. The second-order valence-electron chi connectivity index (χ2n) is 4.48. The maximum absolute atomic E-state index is 6.07. The highest BCUT2D eigenvalue weighted by Crippen LogP contribution is 2.23. The maximum Gasteiger partial charge on any atom is 0.248 e. The lowest BCUT2D eigenvalue weighted by atomic mass is 10.1. The van der Waals surface area contributed by atoms with Crippen molar-refractivity contribution in [1.29, 1.82) is 0 Å². The van der Waals surface area contributed by atoms with Crippen LogP contribution in [-0.2, 0) is 11.2 Å². The van der Waals surface area contributed by atoms with Crippen LogP contribution < -0.4 is 5.73 Å². The molecule has 2 unspecified atom stereocenters. The Morgan fingerprint density at radius 2 is 2.50 bits per heavy atom. The summed E-state index contributed by atoms with van der Waals surface area (Å²) in [5.41, 5.74) is 6.07. The van der Waals surface area contributed by atoms with E-state index in [0.29, 0.717) is 11.8 Å². The lowest BCUT2D eigenvalue weighted by molar-refractivity contribution is 0.185. The van der Waals surface area contributed by atoms with Crippen LogP contribution in [0.4, 0.5) is 0 Å². The SMILES string of the molecule is NC(c1nc(CC2CCOC2)no1)c1cccs1. The number of ether oxygens (including phenoxy) is 1. The fourth-order valence-corrected chi connectivity index (χ4v) is 2.79. The van der Waals surface area contributed by atoms with Gasteiger partial charge in [-0.3, -0.25) is 0 Å². The zero-order valence-corrected chi connectivity index (χ0v) is 10.7. The number of nitrogens with zero attached hydrogens (tertiary/aromatic N) is 2. The van der Waals surface area contributed by atoms with Crippen LogP contribution in [0.25, 0.3) is 0 Å². The fourth-order valence-electron chi connectivity index (χ4n) is 2.07. The molecule has 3 heterocycles. The van der Waals surface area contributed by atoms with Gasteiger partial charge in [0.15, 0.2) is 5.82 Å². The first kappa shape index (κ1) is 11.8. The summed E-state index contributed by atoms with van der Waals surface area (Å²) < 4.78 is 10.6. The van der Waals surface area contributed by atoms with E-state index in [1.165, 1.54) is 0 Å². The average Bonchev–Trinajstić information content (AvgIpc) is 3.11. The van der Waals surface area contributed by atoms with Crippen LogP contribution in [0.15, 0.2) is 22.0 Å².